The molecule has 1 aromatic carbocycles. The highest BCUT2D eigenvalue weighted by Crippen LogP contribution is 2.28. The maximum atomic E-state index is 12.7. The van der Waals surface area contributed by atoms with E-state index in [1.54, 1.807) is 6.07 Å². The van der Waals surface area contributed by atoms with Gasteiger partial charge in [0, 0.05) is 13.1 Å². The summed E-state index contributed by atoms with van der Waals surface area (Å²) in [7, 11) is -3.54. The Hall–Kier alpha value is -1.15. The van der Waals surface area contributed by atoms with E-state index in [9.17, 15) is 13.2 Å². The Labute approximate surface area is 173 Å². The molecule has 3 rings (SSSR count). The fourth-order valence-electron chi connectivity index (χ4n) is 4.04. The van der Waals surface area contributed by atoms with E-state index in [1.807, 2.05) is 0 Å². The normalized spacial score (nSPS) is 19.9. The van der Waals surface area contributed by atoms with Gasteiger partial charge in [-0.2, -0.15) is 4.31 Å². The van der Waals surface area contributed by atoms with Gasteiger partial charge in [-0.05, 0) is 56.7 Å². The lowest BCUT2D eigenvalue weighted by molar-refractivity contribution is -0.680. The van der Waals surface area contributed by atoms with Gasteiger partial charge in [0.05, 0.1) is 21.6 Å². The van der Waals surface area contributed by atoms with Crippen LogP contribution in [0.5, 0.6) is 0 Å². The van der Waals surface area contributed by atoms with Crippen LogP contribution in [0.2, 0.25) is 5.02 Å². The molecule has 1 saturated heterocycles. The number of amides is 1. The van der Waals surface area contributed by atoms with E-state index in [-0.39, 0.29) is 10.8 Å². The highest BCUT2D eigenvalue weighted by molar-refractivity contribution is 7.89. The summed E-state index contributed by atoms with van der Waals surface area (Å²) in [5.41, 5.74) is 0.359. The third-order valence-corrected chi connectivity index (χ3v) is 7.93. The zero-order valence-corrected chi connectivity index (χ0v) is 17.9. The lowest BCUT2D eigenvalue weighted by Crippen LogP contribution is -2.91. The molecule has 2 aliphatic rings. The summed E-state index contributed by atoms with van der Waals surface area (Å²) in [5, 5.41) is 5.25. The lowest BCUT2D eigenvalue weighted by Gasteiger charge is -2.18. The number of hydrogen-bond acceptors (Lipinski definition) is 3. The Morgan fingerprint density at radius 1 is 1.07 bits per heavy atom. The van der Waals surface area contributed by atoms with Crippen LogP contribution >= 0.6 is 11.6 Å². The van der Waals surface area contributed by atoms with Crippen LogP contribution in [0.15, 0.2) is 23.1 Å². The number of anilines is 1. The first-order valence-electron chi connectivity index (χ1n) is 10.4. The Balaban J connectivity index is 1.60. The molecule has 1 saturated carbocycles. The molecule has 0 bridgehead atoms. The smallest absolute Gasteiger partial charge is 0.279 e. The molecule has 0 spiro atoms. The molecule has 0 radical (unpaired) electrons. The van der Waals surface area contributed by atoms with Crippen LogP contribution < -0.4 is 10.6 Å². The van der Waals surface area contributed by atoms with Crippen molar-refractivity contribution in [2.75, 3.05) is 25.0 Å². The zero-order chi connectivity index (χ0) is 20.0. The second-order valence-electron chi connectivity index (χ2n) is 7.85. The Morgan fingerprint density at radius 3 is 2.39 bits per heavy atom. The predicted octanol–water partition coefficient (Wildman–Crippen LogP) is 2.74. The molecule has 1 aliphatic heterocycles. The van der Waals surface area contributed by atoms with Crippen LogP contribution in [-0.4, -0.2) is 44.3 Å². The van der Waals surface area contributed by atoms with Crippen LogP contribution in [0.3, 0.4) is 0 Å². The first kappa shape index (κ1) is 21.6. The summed E-state index contributed by atoms with van der Waals surface area (Å²) in [4.78, 5) is 12.6. The maximum Gasteiger partial charge on any atom is 0.279 e. The first-order valence-corrected chi connectivity index (χ1v) is 12.2. The molecule has 1 heterocycles. The quantitative estimate of drug-likeness (QED) is 0.730. The van der Waals surface area contributed by atoms with Gasteiger partial charge in [-0.1, -0.05) is 30.9 Å². The number of nitrogens with two attached hydrogens (primary N) is 1. The lowest BCUT2D eigenvalue weighted by atomic mass is 9.97. The van der Waals surface area contributed by atoms with Crippen molar-refractivity contribution < 1.29 is 18.5 Å². The summed E-state index contributed by atoms with van der Waals surface area (Å²) < 4.78 is 27.0. The monoisotopic (exact) mass is 428 g/mol. The molecule has 1 aliphatic carbocycles. The molecular weight excluding hydrogens is 398 g/mol. The Kier molecular flexibility index (Phi) is 7.74. The van der Waals surface area contributed by atoms with E-state index in [0.717, 1.165) is 25.7 Å². The van der Waals surface area contributed by atoms with E-state index in [4.69, 9.17) is 11.6 Å². The summed E-state index contributed by atoms with van der Waals surface area (Å²) in [6.45, 7) is 1.41. The number of nitrogens with one attached hydrogen (secondary N) is 1. The van der Waals surface area contributed by atoms with Crippen molar-refractivity contribution in [3.63, 3.8) is 0 Å². The highest BCUT2D eigenvalue weighted by Gasteiger charge is 2.28. The molecule has 1 amide bonds. The fraction of sp³-hybridized carbons (Fsp3) is 0.650. The number of nitrogens with zero attached hydrogens (tertiary/aromatic N) is 1. The van der Waals surface area contributed by atoms with Gasteiger partial charge >= 0.3 is 0 Å². The number of carbonyl (C=O) groups excluding carboxylic acids is 1. The van der Waals surface area contributed by atoms with Crippen molar-refractivity contribution in [3.05, 3.63) is 23.2 Å². The van der Waals surface area contributed by atoms with Crippen LogP contribution in [0, 0.1) is 0 Å². The SMILES string of the molecule is O=C(C[NH2+]C1CCCCCCC1)Nc1cc(S(=O)(=O)N2CCCC2)ccc1Cl. The van der Waals surface area contributed by atoms with E-state index < -0.39 is 10.0 Å². The molecule has 8 heteroatoms. The molecule has 0 aromatic heterocycles. The molecule has 1 aromatic rings. The average molecular weight is 429 g/mol. The molecule has 156 valence electrons. The molecular formula is C20H31ClN3O3S+. The number of sulfonamides is 1. The second kappa shape index (κ2) is 10.1. The summed E-state index contributed by atoms with van der Waals surface area (Å²) >= 11 is 6.21. The highest BCUT2D eigenvalue weighted by atomic mass is 35.5. The third kappa shape index (κ3) is 5.69. The van der Waals surface area contributed by atoms with Gasteiger partial charge in [-0.3, -0.25) is 4.79 Å². The molecule has 28 heavy (non-hydrogen) atoms. The second-order valence-corrected chi connectivity index (χ2v) is 10.2. The maximum absolute atomic E-state index is 12.7. The van der Waals surface area contributed by atoms with Gasteiger partial charge in [0.25, 0.3) is 5.91 Å². The van der Waals surface area contributed by atoms with Crippen molar-refractivity contribution in [3.8, 4) is 0 Å². The standard InChI is InChI=1S/C20H30ClN3O3S/c21-18-11-10-17(28(26,27)24-12-6-7-13-24)14-19(18)23-20(25)15-22-16-8-4-2-1-3-5-9-16/h10-11,14,16,22H,1-9,12-13,15H2,(H,23,25)/p+1. The van der Waals surface area contributed by atoms with E-state index in [2.05, 4.69) is 10.6 Å². The minimum absolute atomic E-state index is 0.153. The summed E-state index contributed by atoms with van der Waals surface area (Å²) in [6, 6.07) is 5.01. The number of halogens is 1. The van der Waals surface area contributed by atoms with Crippen LogP contribution in [0.1, 0.15) is 57.8 Å². The van der Waals surface area contributed by atoms with Crippen molar-refractivity contribution in [1.29, 1.82) is 0 Å². The van der Waals surface area contributed by atoms with E-state index in [0.29, 0.717) is 36.4 Å². The molecule has 2 fully saturated rings. The average Bonchev–Trinajstić information content (AvgIpc) is 3.18. The minimum atomic E-state index is -3.54. The number of rotatable bonds is 6. The molecule has 0 atom stereocenters. The Morgan fingerprint density at radius 2 is 1.71 bits per heavy atom. The first-order chi connectivity index (χ1) is 13.5. The molecule has 0 unspecified atom stereocenters. The largest absolute Gasteiger partial charge is 0.336 e. The fourth-order valence-corrected chi connectivity index (χ4v) is 5.75. The van der Waals surface area contributed by atoms with Crippen LogP contribution in [0.25, 0.3) is 0 Å². The summed E-state index contributed by atoms with van der Waals surface area (Å²) in [5.74, 6) is -0.153. The van der Waals surface area contributed by atoms with Crippen LogP contribution in [-0.2, 0) is 14.8 Å². The summed E-state index contributed by atoms with van der Waals surface area (Å²) in [6.07, 6.45) is 10.4. The minimum Gasteiger partial charge on any atom is -0.336 e. The van der Waals surface area contributed by atoms with Crippen molar-refractivity contribution in [2.45, 2.75) is 68.7 Å². The van der Waals surface area contributed by atoms with Gasteiger partial charge in [0.1, 0.15) is 0 Å². The number of carbonyl (C=O) groups is 1. The van der Waals surface area contributed by atoms with Crippen molar-refractivity contribution in [1.82, 2.24) is 4.31 Å². The van der Waals surface area contributed by atoms with Crippen LogP contribution in [0.4, 0.5) is 5.69 Å². The van der Waals surface area contributed by atoms with Gasteiger partial charge < -0.3 is 10.6 Å². The van der Waals surface area contributed by atoms with Gasteiger partial charge in [-0.25, -0.2) is 8.42 Å². The topological polar surface area (TPSA) is 83.1 Å². The third-order valence-electron chi connectivity index (χ3n) is 5.70. The van der Waals surface area contributed by atoms with Gasteiger partial charge in [-0.15, -0.1) is 0 Å². The van der Waals surface area contributed by atoms with E-state index >= 15 is 0 Å². The predicted molar refractivity (Wildman–Crippen MR) is 111 cm³/mol. The number of quaternary nitrogens is 1. The number of benzene rings is 1. The zero-order valence-electron chi connectivity index (χ0n) is 16.3. The molecule has 3 N–H and O–H groups in total. The van der Waals surface area contributed by atoms with E-state index in [1.165, 1.54) is 48.5 Å². The number of hydrogen-bond donors (Lipinski definition) is 2. The van der Waals surface area contributed by atoms with Crippen molar-refractivity contribution in [2.24, 2.45) is 0 Å². The van der Waals surface area contributed by atoms with Gasteiger partial charge in [0.15, 0.2) is 6.54 Å². The Bertz CT molecular complexity index is 771. The molecule has 6 nitrogen and oxygen atoms in total. The van der Waals surface area contributed by atoms with Crippen molar-refractivity contribution >= 4 is 33.2 Å². The van der Waals surface area contributed by atoms with Gasteiger partial charge in [0.2, 0.25) is 10.0 Å².